The minimum absolute atomic E-state index is 0. The van der Waals surface area contributed by atoms with Crippen molar-refractivity contribution in [3.63, 3.8) is 0 Å². The maximum Gasteiger partial charge on any atom is 0.0414 e. The van der Waals surface area contributed by atoms with Gasteiger partial charge in [-0.3, -0.25) is 0 Å². The molecule has 0 amide bonds. The lowest BCUT2D eigenvalue weighted by Crippen LogP contribution is -2.21. The fourth-order valence-electron chi connectivity index (χ4n) is 2.49. The minimum atomic E-state index is -0.998. The van der Waals surface area contributed by atoms with Crippen molar-refractivity contribution in [1.29, 1.82) is 0 Å². The second-order valence-corrected chi connectivity index (χ2v) is 6.73. The first kappa shape index (κ1) is 43.6. The molecule has 16 N–H and O–H groups in total. The topological polar surface area (TPSA) is 307 Å². The largest absolute Gasteiger partial charge is 0.550 e. The van der Waals surface area contributed by atoms with Crippen LogP contribution in [-0.4, -0.2) is 23.9 Å². The van der Waals surface area contributed by atoms with E-state index in [0.717, 1.165) is 51.4 Å². The van der Waals surface area contributed by atoms with Gasteiger partial charge in [0.1, 0.15) is 0 Å². The lowest BCUT2D eigenvalue weighted by Gasteiger charge is -2.03. The van der Waals surface area contributed by atoms with Crippen LogP contribution in [0.1, 0.15) is 103 Å². The maximum absolute atomic E-state index is 10.0. The van der Waals surface area contributed by atoms with Crippen LogP contribution in [0.3, 0.4) is 0 Å². The van der Waals surface area contributed by atoms with Crippen LogP contribution in [0, 0.1) is 0 Å². The zero-order chi connectivity index (χ0) is 21.6. The number of rotatable bonds is 18. The Bertz CT molecular complexity index is 371. The summed E-state index contributed by atoms with van der Waals surface area (Å²) in [4.78, 5) is 40.1. The van der Waals surface area contributed by atoms with E-state index in [0.29, 0.717) is 25.7 Å². The molecule has 0 bridgehead atoms. The Morgan fingerprint density at radius 1 is 0.312 bits per heavy atom. The van der Waals surface area contributed by atoms with Gasteiger partial charge in [-0.25, -0.2) is 0 Å². The summed E-state index contributed by atoms with van der Waals surface area (Å²) in [5, 5.41) is 40.1. The van der Waals surface area contributed by atoms with Gasteiger partial charge in [0.15, 0.2) is 0 Å². The maximum atomic E-state index is 10.0. The molecule has 0 aliphatic heterocycles. The molecule has 0 aromatic heterocycles. The zero-order valence-corrected chi connectivity index (χ0v) is 20.6. The van der Waals surface area contributed by atoms with E-state index in [4.69, 9.17) is 0 Å². The predicted molar refractivity (Wildman–Crippen MR) is 118 cm³/mol. The SMILES string of the molecule is O=C([O-])CCCCCCCCC(=O)[O-].O=C([O-])CCCCCCCCC(=O)[O-].[NH4+].[NH4+].[NH4+].[NH4+]. The second kappa shape index (κ2) is 33.4. The summed E-state index contributed by atoms with van der Waals surface area (Å²) in [6.45, 7) is 0. The molecule has 0 saturated heterocycles. The summed E-state index contributed by atoms with van der Waals surface area (Å²) in [6, 6.07) is 0. The van der Waals surface area contributed by atoms with Gasteiger partial charge in [0.2, 0.25) is 0 Å². The standard InChI is InChI=1S/2C10H18O4.4H3N/c2*11-9(12)7-5-3-1-2-4-6-8-10(13)14;;;;/h2*1-8H2,(H,11,12)(H,13,14);4*1H3. The highest BCUT2D eigenvalue weighted by Crippen LogP contribution is 2.08. The molecule has 12 heteroatoms. The monoisotopic (exact) mass is 472 g/mol. The number of carbonyl (C=O) groups is 4. The molecule has 12 nitrogen and oxygen atoms in total. The van der Waals surface area contributed by atoms with E-state index in [2.05, 4.69) is 0 Å². The van der Waals surface area contributed by atoms with Crippen molar-refractivity contribution < 1.29 is 39.6 Å². The predicted octanol–water partition coefficient (Wildman–Crippen LogP) is 0.719. The van der Waals surface area contributed by atoms with Crippen LogP contribution in [0.5, 0.6) is 0 Å². The van der Waals surface area contributed by atoms with Gasteiger partial charge in [-0.2, -0.15) is 0 Å². The van der Waals surface area contributed by atoms with Gasteiger partial charge in [0.05, 0.1) is 0 Å². The van der Waals surface area contributed by atoms with Crippen molar-refractivity contribution in [2.24, 2.45) is 0 Å². The average Bonchev–Trinajstić information content (AvgIpc) is 2.59. The van der Waals surface area contributed by atoms with Crippen LogP contribution in [0.2, 0.25) is 0 Å². The molecule has 0 atom stereocenters. The summed E-state index contributed by atoms with van der Waals surface area (Å²) in [5.74, 6) is -3.99. The van der Waals surface area contributed by atoms with E-state index < -0.39 is 23.9 Å². The molecule has 0 aliphatic rings. The van der Waals surface area contributed by atoms with Gasteiger partial charge in [-0.15, -0.1) is 0 Å². The van der Waals surface area contributed by atoms with Gasteiger partial charge in [0.25, 0.3) is 0 Å². The van der Waals surface area contributed by atoms with Gasteiger partial charge < -0.3 is 64.2 Å². The number of carbonyl (C=O) groups excluding carboxylic acids is 4. The van der Waals surface area contributed by atoms with Crippen molar-refractivity contribution in [3.05, 3.63) is 0 Å². The fraction of sp³-hybridized carbons (Fsp3) is 0.800. The number of carboxylic acids is 4. The van der Waals surface area contributed by atoms with Crippen molar-refractivity contribution in [1.82, 2.24) is 24.6 Å². The molecule has 0 aliphatic carbocycles. The van der Waals surface area contributed by atoms with E-state index in [1.165, 1.54) is 0 Å². The fourth-order valence-corrected chi connectivity index (χ4v) is 2.49. The third-order valence-corrected chi connectivity index (χ3v) is 4.02. The molecule has 0 saturated carbocycles. The molecule has 0 unspecified atom stereocenters. The Morgan fingerprint density at radius 2 is 0.438 bits per heavy atom. The summed E-state index contributed by atoms with van der Waals surface area (Å²) < 4.78 is 0. The van der Waals surface area contributed by atoms with Gasteiger partial charge >= 0.3 is 0 Å². The molecule has 0 heterocycles. The lowest BCUT2D eigenvalue weighted by atomic mass is 10.1. The molecule has 0 radical (unpaired) electrons. The molecular weight excluding hydrogens is 424 g/mol. The van der Waals surface area contributed by atoms with E-state index in [1.807, 2.05) is 0 Å². The Kier molecular flexibility index (Phi) is 45.4. The number of quaternary nitrogens is 4. The van der Waals surface area contributed by atoms with Crippen LogP contribution < -0.4 is 45.0 Å². The molecule has 0 aromatic carbocycles. The Hall–Kier alpha value is -2.28. The third-order valence-electron chi connectivity index (χ3n) is 4.02. The quantitative estimate of drug-likeness (QED) is 0.205. The van der Waals surface area contributed by atoms with E-state index in [1.54, 1.807) is 0 Å². The van der Waals surface area contributed by atoms with Crippen LogP contribution >= 0.6 is 0 Å². The Balaban J connectivity index is -0.0000000939. The van der Waals surface area contributed by atoms with Crippen LogP contribution in [0.25, 0.3) is 0 Å². The van der Waals surface area contributed by atoms with E-state index in [9.17, 15) is 39.6 Å². The number of unbranched alkanes of at least 4 members (excludes halogenated alkanes) is 10. The van der Waals surface area contributed by atoms with Crippen molar-refractivity contribution in [3.8, 4) is 0 Å². The average molecular weight is 473 g/mol. The van der Waals surface area contributed by atoms with Gasteiger partial charge in [-0.1, -0.05) is 51.4 Å². The normalized spacial score (nSPS) is 8.75. The summed E-state index contributed by atoms with van der Waals surface area (Å²) in [6.07, 6.45) is 10.5. The highest BCUT2D eigenvalue weighted by molar-refractivity contribution is 5.64. The van der Waals surface area contributed by atoms with Crippen molar-refractivity contribution in [2.45, 2.75) is 103 Å². The summed E-state index contributed by atoms with van der Waals surface area (Å²) in [5.41, 5.74) is 0. The first-order chi connectivity index (χ1) is 13.3. The first-order valence-corrected chi connectivity index (χ1v) is 10.0. The molecule has 0 aromatic rings. The van der Waals surface area contributed by atoms with Crippen LogP contribution in [-0.2, 0) is 19.2 Å². The Labute approximate surface area is 191 Å². The van der Waals surface area contributed by atoms with E-state index >= 15 is 0 Å². The van der Waals surface area contributed by atoms with Gasteiger partial charge in [0, 0.05) is 23.9 Å². The highest BCUT2D eigenvalue weighted by Gasteiger charge is 1.93. The lowest BCUT2D eigenvalue weighted by molar-refractivity contribution is -0.307. The first-order valence-electron chi connectivity index (χ1n) is 10.0. The molecular formula is C20H48N4O8. The summed E-state index contributed by atoms with van der Waals surface area (Å²) >= 11 is 0. The zero-order valence-electron chi connectivity index (χ0n) is 20.6. The third kappa shape index (κ3) is 50.9. The highest BCUT2D eigenvalue weighted by atomic mass is 16.4. The van der Waals surface area contributed by atoms with Crippen molar-refractivity contribution >= 4 is 23.9 Å². The van der Waals surface area contributed by atoms with E-state index in [-0.39, 0.29) is 50.3 Å². The number of aliphatic carboxylic acids is 4. The Morgan fingerprint density at radius 3 is 0.562 bits per heavy atom. The second-order valence-electron chi connectivity index (χ2n) is 6.73. The number of hydrogen-bond acceptors (Lipinski definition) is 8. The van der Waals surface area contributed by atoms with Crippen LogP contribution in [0.4, 0.5) is 0 Å². The molecule has 0 spiro atoms. The molecule has 0 fully saturated rings. The van der Waals surface area contributed by atoms with Crippen molar-refractivity contribution in [2.75, 3.05) is 0 Å². The van der Waals surface area contributed by atoms with Crippen LogP contribution in [0.15, 0.2) is 0 Å². The number of carboxylic acid groups (broad SMARTS) is 4. The summed E-state index contributed by atoms with van der Waals surface area (Å²) in [7, 11) is 0. The molecule has 0 rings (SSSR count). The minimum Gasteiger partial charge on any atom is -0.550 e. The smallest absolute Gasteiger partial charge is 0.0414 e. The number of hydrogen-bond donors (Lipinski definition) is 4. The van der Waals surface area contributed by atoms with Gasteiger partial charge in [-0.05, 0) is 51.4 Å². The molecule has 196 valence electrons. The molecule has 32 heavy (non-hydrogen) atoms.